The van der Waals surface area contributed by atoms with Crippen LogP contribution in [0, 0.1) is 0 Å². The van der Waals surface area contributed by atoms with E-state index in [2.05, 4.69) is 4.72 Å². The molecule has 3 aromatic rings. The second-order valence-corrected chi connectivity index (χ2v) is 7.23. The van der Waals surface area contributed by atoms with E-state index in [0.29, 0.717) is 11.3 Å². The standard InChI is InChI=1S/C19H16N2O4S/c22-19(20-23)11-8-14-4-3-7-18(12-14)26(24,25)21-17-10-9-15-5-1-2-6-16(15)13-17/h1-13,21,23H,(H,20,22). The van der Waals surface area contributed by atoms with Crippen molar-refractivity contribution in [3.63, 3.8) is 0 Å². The Morgan fingerprint density at radius 1 is 0.923 bits per heavy atom. The fourth-order valence-corrected chi connectivity index (χ4v) is 3.57. The Morgan fingerprint density at radius 2 is 1.69 bits per heavy atom. The summed E-state index contributed by atoms with van der Waals surface area (Å²) in [4.78, 5) is 11.1. The fourth-order valence-electron chi connectivity index (χ4n) is 2.46. The first kappa shape index (κ1) is 17.7. The molecule has 1 amide bonds. The normalized spacial score (nSPS) is 11.6. The number of amides is 1. The van der Waals surface area contributed by atoms with E-state index in [1.807, 2.05) is 30.3 Å². The molecule has 0 radical (unpaired) electrons. The van der Waals surface area contributed by atoms with Gasteiger partial charge in [0.15, 0.2) is 0 Å². The third-order valence-corrected chi connectivity index (χ3v) is 5.09. The summed E-state index contributed by atoms with van der Waals surface area (Å²) in [6.45, 7) is 0. The van der Waals surface area contributed by atoms with Crippen LogP contribution in [0.25, 0.3) is 16.8 Å². The monoisotopic (exact) mass is 368 g/mol. The van der Waals surface area contributed by atoms with Gasteiger partial charge in [0, 0.05) is 11.8 Å². The van der Waals surface area contributed by atoms with E-state index in [-0.39, 0.29) is 4.90 Å². The maximum Gasteiger partial charge on any atom is 0.267 e. The number of sulfonamides is 1. The number of fused-ring (bicyclic) bond motifs is 1. The van der Waals surface area contributed by atoms with Crippen molar-refractivity contribution >= 4 is 38.5 Å². The number of anilines is 1. The van der Waals surface area contributed by atoms with E-state index >= 15 is 0 Å². The van der Waals surface area contributed by atoms with Crippen LogP contribution < -0.4 is 10.2 Å². The van der Waals surface area contributed by atoms with Gasteiger partial charge in [-0.15, -0.1) is 0 Å². The smallest absolute Gasteiger partial charge is 0.267 e. The van der Waals surface area contributed by atoms with Crippen molar-refractivity contribution in [3.8, 4) is 0 Å². The first-order valence-corrected chi connectivity index (χ1v) is 9.20. The number of benzene rings is 3. The van der Waals surface area contributed by atoms with Gasteiger partial charge in [0.05, 0.1) is 4.90 Å². The Balaban J connectivity index is 1.87. The molecule has 26 heavy (non-hydrogen) atoms. The van der Waals surface area contributed by atoms with E-state index in [9.17, 15) is 13.2 Å². The maximum atomic E-state index is 12.6. The number of carbonyl (C=O) groups excluding carboxylic acids is 1. The third kappa shape index (κ3) is 4.08. The van der Waals surface area contributed by atoms with Crippen LogP contribution in [-0.2, 0) is 14.8 Å². The molecule has 0 unspecified atom stereocenters. The highest BCUT2D eigenvalue weighted by atomic mass is 32.2. The third-order valence-electron chi connectivity index (χ3n) is 3.71. The van der Waals surface area contributed by atoms with Gasteiger partial charge in [-0.05, 0) is 46.7 Å². The lowest BCUT2D eigenvalue weighted by Gasteiger charge is -2.09. The zero-order valence-electron chi connectivity index (χ0n) is 13.6. The van der Waals surface area contributed by atoms with Crippen LogP contribution in [0.4, 0.5) is 5.69 Å². The molecule has 0 aromatic heterocycles. The highest BCUT2D eigenvalue weighted by Crippen LogP contribution is 2.22. The minimum atomic E-state index is -3.78. The van der Waals surface area contributed by atoms with Gasteiger partial charge in [0.1, 0.15) is 0 Å². The Morgan fingerprint density at radius 3 is 2.46 bits per heavy atom. The van der Waals surface area contributed by atoms with Gasteiger partial charge >= 0.3 is 0 Å². The van der Waals surface area contributed by atoms with Crippen molar-refractivity contribution in [3.05, 3.63) is 78.4 Å². The summed E-state index contributed by atoms with van der Waals surface area (Å²) in [5, 5.41) is 10.4. The summed E-state index contributed by atoms with van der Waals surface area (Å²) in [7, 11) is -3.78. The lowest BCUT2D eigenvalue weighted by molar-refractivity contribution is -0.124. The Hall–Kier alpha value is -3.16. The van der Waals surface area contributed by atoms with E-state index in [1.54, 1.807) is 24.3 Å². The van der Waals surface area contributed by atoms with Crippen molar-refractivity contribution < 1.29 is 18.4 Å². The number of hydrogen-bond acceptors (Lipinski definition) is 4. The fraction of sp³-hybridized carbons (Fsp3) is 0. The Kier molecular flexibility index (Phi) is 5.01. The molecule has 3 aromatic carbocycles. The van der Waals surface area contributed by atoms with E-state index in [1.165, 1.54) is 23.7 Å². The summed E-state index contributed by atoms with van der Waals surface area (Å²) in [5.74, 6) is -0.701. The first-order chi connectivity index (χ1) is 12.5. The molecular weight excluding hydrogens is 352 g/mol. The van der Waals surface area contributed by atoms with Gasteiger partial charge in [-0.25, -0.2) is 13.9 Å². The molecule has 6 nitrogen and oxygen atoms in total. The molecule has 0 aliphatic carbocycles. The zero-order valence-corrected chi connectivity index (χ0v) is 14.4. The lowest BCUT2D eigenvalue weighted by atomic mass is 10.1. The second kappa shape index (κ2) is 7.38. The van der Waals surface area contributed by atoms with Crippen LogP contribution in [0.15, 0.2) is 77.7 Å². The maximum absolute atomic E-state index is 12.6. The largest absolute Gasteiger partial charge is 0.288 e. The van der Waals surface area contributed by atoms with Crippen molar-refractivity contribution in [2.24, 2.45) is 0 Å². The molecule has 0 saturated carbocycles. The van der Waals surface area contributed by atoms with Crippen LogP contribution in [0.2, 0.25) is 0 Å². The molecule has 0 aliphatic heterocycles. The number of hydrogen-bond donors (Lipinski definition) is 3. The van der Waals surface area contributed by atoms with E-state index in [0.717, 1.165) is 16.8 Å². The molecule has 0 saturated heterocycles. The number of carbonyl (C=O) groups is 1. The van der Waals surface area contributed by atoms with Crippen LogP contribution >= 0.6 is 0 Å². The molecule has 3 N–H and O–H groups in total. The molecule has 0 aliphatic rings. The van der Waals surface area contributed by atoms with Crippen LogP contribution in [0.3, 0.4) is 0 Å². The average Bonchev–Trinajstić information content (AvgIpc) is 2.66. The second-order valence-electron chi connectivity index (χ2n) is 5.55. The van der Waals surface area contributed by atoms with Crippen LogP contribution in [0.1, 0.15) is 5.56 Å². The lowest BCUT2D eigenvalue weighted by Crippen LogP contribution is -2.15. The topological polar surface area (TPSA) is 95.5 Å². The van der Waals surface area contributed by atoms with Gasteiger partial charge < -0.3 is 0 Å². The van der Waals surface area contributed by atoms with E-state index in [4.69, 9.17) is 5.21 Å². The summed E-state index contributed by atoms with van der Waals surface area (Å²) >= 11 is 0. The SMILES string of the molecule is O=C(C=Cc1cccc(S(=O)(=O)Nc2ccc3ccccc3c2)c1)NO. The summed E-state index contributed by atoms with van der Waals surface area (Å²) in [5.41, 5.74) is 2.44. The highest BCUT2D eigenvalue weighted by Gasteiger charge is 2.14. The van der Waals surface area contributed by atoms with Gasteiger partial charge in [-0.3, -0.25) is 14.7 Å². The Labute approximate surface area is 150 Å². The van der Waals surface area contributed by atoms with Gasteiger partial charge in [-0.1, -0.05) is 42.5 Å². The summed E-state index contributed by atoms with van der Waals surface area (Å²) in [6, 6.07) is 19.1. The van der Waals surface area contributed by atoms with Crippen molar-refractivity contribution in [1.82, 2.24) is 5.48 Å². The molecule has 0 spiro atoms. The zero-order chi connectivity index (χ0) is 18.6. The molecule has 0 atom stereocenters. The quantitative estimate of drug-likeness (QED) is 0.366. The molecule has 0 heterocycles. The minimum Gasteiger partial charge on any atom is -0.288 e. The van der Waals surface area contributed by atoms with Gasteiger partial charge in [0.25, 0.3) is 15.9 Å². The molecule has 132 valence electrons. The molecule has 0 fully saturated rings. The molecule has 3 rings (SSSR count). The molecule has 7 heteroatoms. The van der Waals surface area contributed by atoms with Gasteiger partial charge in [-0.2, -0.15) is 0 Å². The number of nitrogens with one attached hydrogen (secondary N) is 2. The molecule has 0 bridgehead atoms. The van der Waals surface area contributed by atoms with Crippen molar-refractivity contribution in [2.75, 3.05) is 4.72 Å². The minimum absolute atomic E-state index is 0.0669. The molecular formula is C19H16N2O4S. The summed E-state index contributed by atoms with van der Waals surface area (Å²) < 4.78 is 27.8. The van der Waals surface area contributed by atoms with Gasteiger partial charge in [0.2, 0.25) is 0 Å². The van der Waals surface area contributed by atoms with Crippen LogP contribution in [0.5, 0.6) is 0 Å². The predicted octanol–water partition coefficient (Wildman–Crippen LogP) is 3.16. The highest BCUT2D eigenvalue weighted by molar-refractivity contribution is 7.92. The average molecular weight is 368 g/mol. The summed E-state index contributed by atoms with van der Waals surface area (Å²) in [6.07, 6.45) is 2.50. The predicted molar refractivity (Wildman–Crippen MR) is 100 cm³/mol. The Bertz CT molecular complexity index is 1090. The number of rotatable bonds is 5. The van der Waals surface area contributed by atoms with Crippen LogP contribution in [-0.4, -0.2) is 19.5 Å². The first-order valence-electron chi connectivity index (χ1n) is 7.72. The van der Waals surface area contributed by atoms with Crippen molar-refractivity contribution in [2.45, 2.75) is 4.90 Å². The van der Waals surface area contributed by atoms with Crippen molar-refractivity contribution in [1.29, 1.82) is 0 Å². The van der Waals surface area contributed by atoms with E-state index < -0.39 is 15.9 Å². The number of hydroxylamine groups is 1.